The van der Waals surface area contributed by atoms with E-state index in [1.807, 2.05) is 6.07 Å². The van der Waals surface area contributed by atoms with Crippen molar-refractivity contribution in [3.63, 3.8) is 0 Å². The Morgan fingerprint density at radius 1 is 1.05 bits per heavy atom. The molecule has 1 atom stereocenters. The predicted molar refractivity (Wildman–Crippen MR) is 74.9 cm³/mol. The number of halogens is 1. The Balaban J connectivity index is 1.96. The summed E-state index contributed by atoms with van der Waals surface area (Å²) in [5.41, 5.74) is 2.47. The molecule has 2 aliphatic heterocycles. The van der Waals surface area contributed by atoms with Crippen LogP contribution in [0.15, 0.2) is 42.5 Å². The van der Waals surface area contributed by atoms with Crippen LogP contribution in [0, 0.1) is 0 Å². The number of carbonyl (C=O) groups is 2. The summed E-state index contributed by atoms with van der Waals surface area (Å²) < 4.78 is 0. The number of carbonyl (C=O) groups excluding carboxylic acids is 2. The van der Waals surface area contributed by atoms with E-state index in [9.17, 15) is 9.59 Å². The van der Waals surface area contributed by atoms with Crippen molar-refractivity contribution >= 4 is 29.1 Å². The number of fused-ring (bicyclic) bond motifs is 5. The number of hydrogen-bond donors (Lipinski definition) is 1. The maximum absolute atomic E-state index is 12.6. The van der Waals surface area contributed by atoms with Gasteiger partial charge in [-0.2, -0.15) is 0 Å². The number of nitrogens with zero attached hydrogens (tertiary/aromatic N) is 1. The van der Waals surface area contributed by atoms with Gasteiger partial charge < -0.3 is 5.32 Å². The molecule has 5 heteroatoms. The highest BCUT2D eigenvalue weighted by molar-refractivity contribution is 6.31. The molecule has 4 rings (SSSR count). The first-order chi connectivity index (χ1) is 9.66. The van der Waals surface area contributed by atoms with Gasteiger partial charge in [-0.05, 0) is 24.3 Å². The van der Waals surface area contributed by atoms with Crippen LogP contribution in [0.1, 0.15) is 32.4 Å². The Labute approximate surface area is 120 Å². The summed E-state index contributed by atoms with van der Waals surface area (Å²) in [7, 11) is 0. The Morgan fingerprint density at radius 2 is 1.85 bits per heavy atom. The molecule has 0 aromatic heterocycles. The molecule has 0 aliphatic carbocycles. The van der Waals surface area contributed by atoms with Gasteiger partial charge in [0.1, 0.15) is 6.17 Å². The summed E-state index contributed by atoms with van der Waals surface area (Å²) in [6.07, 6.45) is -0.447. The first kappa shape index (κ1) is 11.5. The normalized spacial score (nSPS) is 19.2. The van der Waals surface area contributed by atoms with Crippen molar-refractivity contribution in [2.45, 2.75) is 6.17 Å². The third kappa shape index (κ3) is 1.37. The van der Waals surface area contributed by atoms with E-state index in [0.717, 1.165) is 5.56 Å². The third-order valence-electron chi connectivity index (χ3n) is 3.69. The summed E-state index contributed by atoms with van der Waals surface area (Å²) in [6.45, 7) is 0. The number of amides is 2. The van der Waals surface area contributed by atoms with Crippen molar-refractivity contribution in [3.05, 3.63) is 64.2 Å². The molecule has 0 unspecified atom stereocenters. The van der Waals surface area contributed by atoms with Crippen LogP contribution in [-0.4, -0.2) is 11.8 Å². The molecule has 0 saturated carbocycles. The van der Waals surface area contributed by atoms with Crippen LogP contribution < -0.4 is 10.2 Å². The van der Waals surface area contributed by atoms with Crippen molar-refractivity contribution in [2.24, 2.45) is 0 Å². The van der Waals surface area contributed by atoms with E-state index in [-0.39, 0.29) is 11.8 Å². The molecule has 2 heterocycles. The fourth-order valence-corrected chi connectivity index (χ4v) is 2.98. The van der Waals surface area contributed by atoms with E-state index in [2.05, 4.69) is 5.32 Å². The minimum atomic E-state index is -0.447. The van der Waals surface area contributed by atoms with Gasteiger partial charge in [0, 0.05) is 16.1 Å². The molecule has 20 heavy (non-hydrogen) atoms. The third-order valence-corrected chi connectivity index (χ3v) is 3.93. The molecule has 1 N–H and O–H groups in total. The van der Waals surface area contributed by atoms with Crippen molar-refractivity contribution < 1.29 is 9.59 Å². The maximum Gasteiger partial charge on any atom is 0.260 e. The van der Waals surface area contributed by atoms with E-state index in [0.29, 0.717) is 21.8 Å². The minimum absolute atomic E-state index is 0.139. The predicted octanol–water partition coefficient (Wildman–Crippen LogP) is 2.74. The first-order valence-corrected chi connectivity index (χ1v) is 6.57. The second-order valence-corrected chi connectivity index (χ2v) is 5.24. The van der Waals surface area contributed by atoms with Gasteiger partial charge in [0.2, 0.25) is 0 Å². The van der Waals surface area contributed by atoms with E-state index < -0.39 is 6.17 Å². The molecule has 0 radical (unpaired) electrons. The molecule has 2 aliphatic rings. The highest BCUT2D eigenvalue weighted by Gasteiger charge is 2.43. The number of hydrogen-bond acceptors (Lipinski definition) is 2. The van der Waals surface area contributed by atoms with Gasteiger partial charge in [-0.15, -0.1) is 0 Å². The second-order valence-electron chi connectivity index (χ2n) is 4.80. The number of nitrogens with one attached hydrogen (secondary N) is 1. The van der Waals surface area contributed by atoms with Crippen molar-refractivity contribution in [1.29, 1.82) is 0 Å². The maximum atomic E-state index is 12.6. The van der Waals surface area contributed by atoms with Crippen molar-refractivity contribution in [3.8, 4) is 0 Å². The molecule has 0 bridgehead atoms. The fourth-order valence-electron chi connectivity index (χ4n) is 2.81. The van der Waals surface area contributed by atoms with Crippen LogP contribution in [0.2, 0.25) is 5.02 Å². The number of rotatable bonds is 0. The Hall–Kier alpha value is -2.33. The number of anilines is 1. The number of benzene rings is 2. The van der Waals surface area contributed by atoms with Gasteiger partial charge in [0.05, 0.1) is 11.3 Å². The lowest BCUT2D eigenvalue weighted by Crippen LogP contribution is -2.45. The second kappa shape index (κ2) is 3.84. The Morgan fingerprint density at radius 3 is 2.70 bits per heavy atom. The monoisotopic (exact) mass is 284 g/mol. The van der Waals surface area contributed by atoms with Crippen LogP contribution in [0.4, 0.5) is 5.69 Å². The van der Waals surface area contributed by atoms with Gasteiger partial charge in [-0.3, -0.25) is 14.5 Å². The zero-order valence-electron chi connectivity index (χ0n) is 10.3. The lowest BCUT2D eigenvalue weighted by Gasteiger charge is -2.32. The lowest BCUT2D eigenvalue weighted by atomic mass is 10.1. The Kier molecular flexibility index (Phi) is 2.20. The average molecular weight is 285 g/mol. The van der Waals surface area contributed by atoms with Gasteiger partial charge in [0.15, 0.2) is 0 Å². The molecule has 2 amide bonds. The van der Waals surface area contributed by atoms with E-state index >= 15 is 0 Å². The highest BCUT2D eigenvalue weighted by Crippen LogP contribution is 2.41. The van der Waals surface area contributed by atoms with Crippen LogP contribution in [0.25, 0.3) is 0 Å². The van der Waals surface area contributed by atoms with E-state index in [1.54, 1.807) is 41.3 Å². The molecule has 98 valence electrons. The van der Waals surface area contributed by atoms with Crippen LogP contribution in [-0.2, 0) is 0 Å². The fraction of sp³-hybridized carbons (Fsp3) is 0.0667. The quantitative estimate of drug-likeness (QED) is 0.809. The van der Waals surface area contributed by atoms with Crippen LogP contribution in [0.5, 0.6) is 0 Å². The average Bonchev–Trinajstić information content (AvgIpc) is 2.72. The molecule has 2 aromatic rings. The highest BCUT2D eigenvalue weighted by atomic mass is 35.5. The summed E-state index contributed by atoms with van der Waals surface area (Å²) in [5, 5.41) is 3.37. The summed E-state index contributed by atoms with van der Waals surface area (Å²) in [4.78, 5) is 26.3. The van der Waals surface area contributed by atoms with Crippen LogP contribution in [0.3, 0.4) is 0 Å². The summed E-state index contributed by atoms with van der Waals surface area (Å²) >= 11 is 5.96. The number of para-hydroxylation sites is 1. The lowest BCUT2D eigenvalue weighted by molar-refractivity contribution is 0.0912. The van der Waals surface area contributed by atoms with Gasteiger partial charge in [-0.25, -0.2) is 0 Å². The smallest absolute Gasteiger partial charge is 0.260 e. The topological polar surface area (TPSA) is 49.4 Å². The standard InChI is InChI=1S/C15H9ClN2O2/c16-8-5-6-9-11(7-8)15(20)18-12-4-2-1-3-10(12)14(19)17-13(9)18/h1-7,13H,(H,17,19)/t13-/m0/s1. The van der Waals surface area contributed by atoms with Crippen LogP contribution >= 0.6 is 11.6 Å². The van der Waals surface area contributed by atoms with E-state index in [1.165, 1.54) is 0 Å². The molecular weight excluding hydrogens is 276 g/mol. The molecule has 0 saturated heterocycles. The summed E-state index contributed by atoms with van der Waals surface area (Å²) in [5.74, 6) is -0.308. The van der Waals surface area contributed by atoms with Gasteiger partial charge in [0.25, 0.3) is 11.8 Å². The largest absolute Gasteiger partial charge is 0.327 e. The van der Waals surface area contributed by atoms with Crippen molar-refractivity contribution in [1.82, 2.24) is 5.32 Å². The van der Waals surface area contributed by atoms with Gasteiger partial charge in [-0.1, -0.05) is 29.8 Å². The molecule has 4 nitrogen and oxygen atoms in total. The molecular formula is C15H9ClN2O2. The van der Waals surface area contributed by atoms with Gasteiger partial charge >= 0.3 is 0 Å². The zero-order valence-corrected chi connectivity index (χ0v) is 11.0. The summed E-state index contributed by atoms with van der Waals surface area (Å²) in [6, 6.07) is 12.3. The first-order valence-electron chi connectivity index (χ1n) is 6.20. The SMILES string of the molecule is O=C1N[C@@H]2c3ccc(Cl)cc3C(=O)N2c2ccccc21. The molecule has 2 aromatic carbocycles. The Bertz CT molecular complexity index is 772. The van der Waals surface area contributed by atoms with E-state index in [4.69, 9.17) is 11.6 Å². The van der Waals surface area contributed by atoms with Crippen molar-refractivity contribution in [2.75, 3.05) is 4.90 Å². The zero-order chi connectivity index (χ0) is 13.9. The molecule has 0 fully saturated rings. The minimum Gasteiger partial charge on any atom is -0.327 e. The molecule has 0 spiro atoms.